The van der Waals surface area contributed by atoms with Gasteiger partial charge in [0.05, 0.1) is 6.42 Å². The maximum atomic E-state index is 11.1. The first-order valence-electron chi connectivity index (χ1n) is 6.49. The summed E-state index contributed by atoms with van der Waals surface area (Å²) in [4.78, 5) is 11.1. The van der Waals surface area contributed by atoms with Crippen LogP contribution in [0, 0.1) is 0 Å². The van der Waals surface area contributed by atoms with E-state index in [9.17, 15) is 4.79 Å². The SMILES string of the molecule is CC(C)(N)C(CC(=O)O)c1ccccc1C1CC1. The van der Waals surface area contributed by atoms with Gasteiger partial charge in [-0.25, -0.2) is 0 Å². The lowest BCUT2D eigenvalue weighted by Crippen LogP contribution is -2.40. The van der Waals surface area contributed by atoms with E-state index in [0.29, 0.717) is 5.92 Å². The van der Waals surface area contributed by atoms with E-state index in [0.717, 1.165) is 5.56 Å². The summed E-state index contributed by atoms with van der Waals surface area (Å²) < 4.78 is 0. The second-order valence-corrected chi connectivity index (χ2v) is 5.88. The summed E-state index contributed by atoms with van der Waals surface area (Å²) in [5, 5.41) is 9.10. The summed E-state index contributed by atoms with van der Waals surface area (Å²) in [5.74, 6) is -0.309. The Balaban J connectivity index is 2.38. The van der Waals surface area contributed by atoms with Gasteiger partial charge in [0.25, 0.3) is 0 Å². The van der Waals surface area contributed by atoms with Crippen molar-refractivity contribution in [1.82, 2.24) is 0 Å². The number of carbonyl (C=O) groups is 1. The van der Waals surface area contributed by atoms with Gasteiger partial charge in [0.1, 0.15) is 0 Å². The van der Waals surface area contributed by atoms with Crippen LogP contribution < -0.4 is 5.73 Å². The van der Waals surface area contributed by atoms with Crippen LogP contribution in [0.3, 0.4) is 0 Å². The van der Waals surface area contributed by atoms with Crippen LogP contribution in [-0.4, -0.2) is 16.6 Å². The molecule has 18 heavy (non-hydrogen) atoms. The zero-order chi connectivity index (χ0) is 13.3. The topological polar surface area (TPSA) is 63.3 Å². The van der Waals surface area contributed by atoms with Crippen molar-refractivity contribution >= 4 is 5.97 Å². The fraction of sp³-hybridized carbons (Fsp3) is 0.533. The van der Waals surface area contributed by atoms with E-state index in [1.165, 1.54) is 18.4 Å². The average Bonchev–Trinajstić information content (AvgIpc) is 3.08. The van der Waals surface area contributed by atoms with Crippen molar-refractivity contribution in [2.75, 3.05) is 0 Å². The van der Waals surface area contributed by atoms with E-state index in [1.54, 1.807) is 0 Å². The summed E-state index contributed by atoms with van der Waals surface area (Å²) in [7, 11) is 0. The Labute approximate surface area is 108 Å². The zero-order valence-corrected chi connectivity index (χ0v) is 11.0. The standard InChI is InChI=1S/C15H21NO2/c1-15(2,16)13(9-14(17)18)12-6-4-3-5-11(12)10-7-8-10/h3-6,10,13H,7-9,16H2,1-2H3,(H,17,18). The molecule has 98 valence electrons. The summed E-state index contributed by atoms with van der Waals surface area (Å²) in [5.41, 5.74) is 8.08. The molecule has 1 saturated carbocycles. The zero-order valence-electron chi connectivity index (χ0n) is 11.0. The molecule has 1 aromatic rings. The van der Waals surface area contributed by atoms with Crippen molar-refractivity contribution in [3.8, 4) is 0 Å². The van der Waals surface area contributed by atoms with E-state index >= 15 is 0 Å². The van der Waals surface area contributed by atoms with Crippen LogP contribution in [0.25, 0.3) is 0 Å². The molecule has 0 radical (unpaired) electrons. The summed E-state index contributed by atoms with van der Waals surface area (Å²) in [6.07, 6.45) is 2.51. The minimum Gasteiger partial charge on any atom is -0.481 e. The Morgan fingerprint density at radius 1 is 1.44 bits per heavy atom. The number of benzene rings is 1. The smallest absolute Gasteiger partial charge is 0.304 e. The van der Waals surface area contributed by atoms with Crippen molar-refractivity contribution in [1.29, 1.82) is 0 Å². The van der Waals surface area contributed by atoms with Crippen molar-refractivity contribution in [2.45, 2.75) is 50.5 Å². The third-order valence-corrected chi connectivity index (χ3v) is 3.67. The predicted octanol–water partition coefficient (Wildman–Crippen LogP) is 2.86. The van der Waals surface area contributed by atoms with Crippen molar-refractivity contribution in [3.63, 3.8) is 0 Å². The van der Waals surface area contributed by atoms with Crippen LogP contribution in [0.2, 0.25) is 0 Å². The van der Waals surface area contributed by atoms with Gasteiger partial charge in [-0.05, 0) is 43.7 Å². The number of rotatable bonds is 5. The van der Waals surface area contributed by atoms with Crippen molar-refractivity contribution in [3.05, 3.63) is 35.4 Å². The average molecular weight is 247 g/mol. The van der Waals surface area contributed by atoms with Gasteiger partial charge in [-0.1, -0.05) is 24.3 Å². The first-order chi connectivity index (χ1) is 8.39. The summed E-state index contributed by atoms with van der Waals surface area (Å²) in [6, 6.07) is 8.16. The van der Waals surface area contributed by atoms with Gasteiger partial charge in [-0.2, -0.15) is 0 Å². The largest absolute Gasteiger partial charge is 0.481 e. The quantitative estimate of drug-likeness (QED) is 0.841. The van der Waals surface area contributed by atoms with Crippen LogP contribution in [0.1, 0.15) is 56.1 Å². The molecule has 0 saturated heterocycles. The fourth-order valence-electron chi connectivity index (χ4n) is 2.54. The first-order valence-corrected chi connectivity index (χ1v) is 6.49. The molecule has 1 aromatic carbocycles. The monoisotopic (exact) mass is 247 g/mol. The first kappa shape index (κ1) is 13.1. The summed E-state index contributed by atoms with van der Waals surface area (Å²) in [6.45, 7) is 3.81. The highest BCUT2D eigenvalue weighted by Gasteiger charge is 2.34. The van der Waals surface area contributed by atoms with Gasteiger partial charge < -0.3 is 10.8 Å². The molecule has 0 bridgehead atoms. The maximum absolute atomic E-state index is 11.1. The molecular formula is C15H21NO2. The van der Waals surface area contributed by atoms with Gasteiger partial charge in [0, 0.05) is 11.5 Å². The number of aliphatic carboxylic acids is 1. The van der Waals surface area contributed by atoms with E-state index in [2.05, 4.69) is 6.07 Å². The van der Waals surface area contributed by atoms with Gasteiger partial charge in [-0.3, -0.25) is 4.79 Å². The molecule has 0 amide bonds. The van der Waals surface area contributed by atoms with E-state index in [1.807, 2.05) is 32.0 Å². The highest BCUT2D eigenvalue weighted by atomic mass is 16.4. The van der Waals surface area contributed by atoms with E-state index in [-0.39, 0.29) is 12.3 Å². The maximum Gasteiger partial charge on any atom is 0.304 e. The third-order valence-electron chi connectivity index (χ3n) is 3.67. The van der Waals surface area contributed by atoms with Gasteiger partial charge in [-0.15, -0.1) is 0 Å². The molecule has 3 N–H and O–H groups in total. The van der Waals surface area contributed by atoms with Crippen LogP contribution in [0.4, 0.5) is 0 Å². The van der Waals surface area contributed by atoms with Crippen molar-refractivity contribution in [2.24, 2.45) is 5.73 Å². The Hall–Kier alpha value is -1.35. The second-order valence-electron chi connectivity index (χ2n) is 5.88. The van der Waals surface area contributed by atoms with Crippen LogP contribution in [0.15, 0.2) is 24.3 Å². The predicted molar refractivity (Wildman–Crippen MR) is 71.7 cm³/mol. The van der Waals surface area contributed by atoms with Crippen LogP contribution in [-0.2, 0) is 4.79 Å². The fourth-order valence-corrected chi connectivity index (χ4v) is 2.54. The number of nitrogens with two attached hydrogens (primary N) is 1. The van der Waals surface area contributed by atoms with Gasteiger partial charge >= 0.3 is 5.97 Å². The highest BCUT2D eigenvalue weighted by Crippen LogP contribution is 2.45. The number of carboxylic acids is 1. The second kappa shape index (κ2) is 4.73. The molecule has 3 nitrogen and oxygen atoms in total. The van der Waals surface area contributed by atoms with Crippen LogP contribution >= 0.6 is 0 Å². The number of hydrogen-bond donors (Lipinski definition) is 2. The Kier molecular flexibility index (Phi) is 3.44. The molecule has 0 aliphatic heterocycles. The van der Waals surface area contributed by atoms with E-state index in [4.69, 9.17) is 10.8 Å². The molecule has 0 spiro atoms. The third kappa shape index (κ3) is 2.91. The summed E-state index contributed by atoms with van der Waals surface area (Å²) >= 11 is 0. The highest BCUT2D eigenvalue weighted by molar-refractivity contribution is 5.68. The Bertz CT molecular complexity index is 444. The molecule has 1 aliphatic carbocycles. The normalized spacial score (nSPS) is 17.5. The lowest BCUT2D eigenvalue weighted by Gasteiger charge is -2.31. The molecule has 1 unspecified atom stereocenters. The van der Waals surface area contributed by atoms with Gasteiger partial charge in [0.15, 0.2) is 0 Å². The lowest BCUT2D eigenvalue weighted by molar-refractivity contribution is -0.137. The minimum atomic E-state index is -0.788. The molecule has 0 aromatic heterocycles. The molecule has 1 aliphatic rings. The molecule has 1 atom stereocenters. The number of carboxylic acid groups (broad SMARTS) is 1. The lowest BCUT2D eigenvalue weighted by atomic mass is 9.78. The molecular weight excluding hydrogens is 226 g/mol. The molecule has 3 heteroatoms. The minimum absolute atomic E-state index is 0.0905. The molecule has 1 fully saturated rings. The van der Waals surface area contributed by atoms with E-state index < -0.39 is 11.5 Å². The van der Waals surface area contributed by atoms with Gasteiger partial charge in [0.2, 0.25) is 0 Å². The molecule has 0 heterocycles. The Morgan fingerprint density at radius 3 is 2.56 bits per heavy atom. The number of hydrogen-bond acceptors (Lipinski definition) is 2. The van der Waals surface area contributed by atoms with Crippen molar-refractivity contribution < 1.29 is 9.90 Å². The Morgan fingerprint density at radius 2 is 2.06 bits per heavy atom. The van der Waals surface area contributed by atoms with Crippen LogP contribution in [0.5, 0.6) is 0 Å². The molecule has 2 rings (SSSR count).